The molecule has 1 heterocycles. The van der Waals surface area contributed by atoms with Gasteiger partial charge in [0, 0.05) is 57.2 Å². The minimum atomic E-state index is 0.905. The van der Waals surface area contributed by atoms with Crippen molar-refractivity contribution in [3.63, 3.8) is 0 Å². The Labute approximate surface area is 76.5 Å². The van der Waals surface area contributed by atoms with Crippen molar-refractivity contribution in [3.05, 3.63) is 18.2 Å². The number of hydrogen-bond acceptors (Lipinski definition) is 2. The second-order valence-electron chi connectivity index (χ2n) is 1.85. The summed E-state index contributed by atoms with van der Waals surface area (Å²) in [7, 11) is 0. The maximum atomic E-state index is 3.90. The zero-order valence-electron chi connectivity index (χ0n) is 5.22. The predicted molar refractivity (Wildman–Crippen MR) is 46.9 cm³/mol. The molecular weight excluding hydrogens is 262 g/mol. The number of nitrogens with one attached hydrogen (secondary N) is 1. The van der Waals surface area contributed by atoms with Gasteiger partial charge in [-0.15, -0.1) is 0 Å². The van der Waals surface area contributed by atoms with E-state index < -0.39 is 0 Å². The van der Waals surface area contributed by atoms with E-state index in [4.69, 9.17) is 0 Å². The molecule has 0 aliphatic heterocycles. The van der Waals surface area contributed by atoms with Crippen LogP contribution in [0.25, 0.3) is 0 Å². The highest BCUT2D eigenvalue weighted by Crippen LogP contribution is 2.06. The molecule has 0 atom stereocenters. The molecule has 0 aliphatic carbocycles. The van der Waals surface area contributed by atoms with Gasteiger partial charge in [-0.3, -0.25) is 0 Å². The van der Waals surface area contributed by atoms with E-state index in [2.05, 4.69) is 42.3 Å². The smallest absolute Gasteiger partial charge is 0.0921 e. The summed E-state index contributed by atoms with van der Waals surface area (Å²) in [5, 5.41) is 0. The van der Waals surface area contributed by atoms with E-state index >= 15 is 0 Å². The lowest BCUT2D eigenvalue weighted by Gasteiger charge is -2.01. The van der Waals surface area contributed by atoms with Crippen LogP contribution in [-0.2, 0) is 6.42 Å². The first-order valence-electron chi connectivity index (χ1n) is 2.85. The lowest BCUT2D eigenvalue weighted by molar-refractivity contribution is 0.751. The molecule has 0 amide bonds. The summed E-state index contributed by atoms with van der Waals surface area (Å²) in [6, 6.07) is 0. The van der Waals surface area contributed by atoms with Crippen LogP contribution in [0.2, 0.25) is 0 Å². The SMILES string of the molecule is BrN(Br)CCc1cnc[nH]1. The van der Waals surface area contributed by atoms with E-state index in [1.54, 1.807) is 9.28 Å². The Kier molecular flexibility index (Phi) is 3.37. The molecule has 1 aromatic heterocycles. The largest absolute Gasteiger partial charge is 0.348 e. The summed E-state index contributed by atoms with van der Waals surface area (Å²) in [5.74, 6) is 0. The third-order valence-electron chi connectivity index (χ3n) is 1.11. The fourth-order valence-electron chi connectivity index (χ4n) is 0.626. The highest BCUT2D eigenvalue weighted by molar-refractivity contribution is 9.21. The molecule has 56 valence electrons. The maximum Gasteiger partial charge on any atom is 0.0921 e. The maximum absolute atomic E-state index is 3.90. The molecule has 1 aromatic rings. The van der Waals surface area contributed by atoms with Gasteiger partial charge in [-0.2, -0.15) is 2.95 Å². The van der Waals surface area contributed by atoms with Crippen LogP contribution in [-0.4, -0.2) is 19.5 Å². The van der Waals surface area contributed by atoms with Crippen LogP contribution >= 0.6 is 32.3 Å². The lowest BCUT2D eigenvalue weighted by atomic mass is 10.3. The number of aromatic nitrogens is 2. The van der Waals surface area contributed by atoms with E-state index in [1.165, 1.54) is 0 Å². The van der Waals surface area contributed by atoms with Crippen LogP contribution in [0, 0.1) is 0 Å². The number of halogens is 2. The third-order valence-corrected chi connectivity index (χ3v) is 1.81. The van der Waals surface area contributed by atoms with Crippen molar-refractivity contribution in [2.75, 3.05) is 6.54 Å². The Bertz CT molecular complexity index is 173. The molecule has 0 unspecified atom stereocenters. The topological polar surface area (TPSA) is 31.9 Å². The molecule has 0 spiro atoms. The zero-order chi connectivity index (χ0) is 7.40. The number of H-pyrrole nitrogens is 1. The van der Waals surface area contributed by atoms with Crippen molar-refractivity contribution in [3.8, 4) is 0 Å². The van der Waals surface area contributed by atoms with Gasteiger partial charge in [0.25, 0.3) is 0 Å². The Hall–Kier alpha value is 0.130. The fourth-order valence-corrected chi connectivity index (χ4v) is 0.981. The van der Waals surface area contributed by atoms with Gasteiger partial charge >= 0.3 is 0 Å². The van der Waals surface area contributed by atoms with Crippen LogP contribution in [0.4, 0.5) is 0 Å². The molecular formula is C5H7Br2N3. The molecule has 1 rings (SSSR count). The van der Waals surface area contributed by atoms with Crippen LogP contribution in [0.15, 0.2) is 12.5 Å². The molecule has 0 bridgehead atoms. The molecule has 0 fully saturated rings. The van der Waals surface area contributed by atoms with E-state index in [0.717, 1.165) is 18.7 Å². The lowest BCUT2D eigenvalue weighted by Crippen LogP contribution is -2.02. The monoisotopic (exact) mass is 267 g/mol. The van der Waals surface area contributed by atoms with Crippen LogP contribution < -0.4 is 0 Å². The Morgan fingerprint density at radius 1 is 1.60 bits per heavy atom. The zero-order valence-corrected chi connectivity index (χ0v) is 8.39. The Morgan fingerprint density at radius 2 is 2.40 bits per heavy atom. The molecule has 0 radical (unpaired) electrons. The highest BCUT2D eigenvalue weighted by atomic mass is 79.9. The van der Waals surface area contributed by atoms with Crippen LogP contribution in [0.1, 0.15) is 5.69 Å². The molecule has 1 N–H and O–H groups in total. The van der Waals surface area contributed by atoms with E-state index in [0.29, 0.717) is 0 Å². The minimum absolute atomic E-state index is 0.905. The fraction of sp³-hybridized carbons (Fsp3) is 0.400. The van der Waals surface area contributed by atoms with Crippen molar-refractivity contribution in [2.24, 2.45) is 0 Å². The van der Waals surface area contributed by atoms with E-state index in [9.17, 15) is 0 Å². The van der Waals surface area contributed by atoms with Crippen molar-refractivity contribution in [1.82, 2.24) is 12.9 Å². The average Bonchev–Trinajstić information content (AvgIpc) is 2.34. The standard InChI is InChI=1S/C5H7Br2N3/c6-10(7)2-1-5-3-8-4-9-5/h3-4H,1-2H2,(H,8,9). The third kappa shape index (κ3) is 2.81. The molecule has 0 saturated carbocycles. The summed E-state index contributed by atoms with van der Waals surface area (Å²) in [6.07, 6.45) is 4.46. The van der Waals surface area contributed by atoms with Gasteiger partial charge in [0.05, 0.1) is 6.33 Å². The summed E-state index contributed by atoms with van der Waals surface area (Å²) in [5.41, 5.74) is 1.14. The summed E-state index contributed by atoms with van der Waals surface area (Å²) < 4.78 is 1.78. The normalized spacial score (nSPS) is 10.7. The Balaban J connectivity index is 2.28. The predicted octanol–water partition coefficient (Wildman–Crippen LogP) is 1.87. The van der Waals surface area contributed by atoms with Gasteiger partial charge in [0.2, 0.25) is 0 Å². The van der Waals surface area contributed by atoms with Gasteiger partial charge in [-0.1, -0.05) is 0 Å². The number of aromatic amines is 1. The minimum Gasteiger partial charge on any atom is -0.348 e. The van der Waals surface area contributed by atoms with Crippen molar-refractivity contribution in [2.45, 2.75) is 6.42 Å². The molecule has 5 heteroatoms. The summed E-state index contributed by atoms with van der Waals surface area (Å²) in [4.78, 5) is 6.91. The molecule has 10 heavy (non-hydrogen) atoms. The number of rotatable bonds is 3. The van der Waals surface area contributed by atoms with Crippen LogP contribution in [0.3, 0.4) is 0 Å². The quantitative estimate of drug-likeness (QED) is 0.849. The molecule has 0 aliphatic rings. The number of hydrogen-bond donors (Lipinski definition) is 1. The Morgan fingerprint density at radius 3 is 2.90 bits per heavy atom. The summed E-state index contributed by atoms with van der Waals surface area (Å²) >= 11 is 6.47. The molecule has 0 saturated heterocycles. The highest BCUT2D eigenvalue weighted by Gasteiger charge is 1.96. The summed E-state index contributed by atoms with van der Waals surface area (Å²) in [6.45, 7) is 0.905. The van der Waals surface area contributed by atoms with Gasteiger partial charge in [0.1, 0.15) is 0 Å². The van der Waals surface area contributed by atoms with Crippen molar-refractivity contribution >= 4 is 32.3 Å². The molecule has 0 aromatic carbocycles. The van der Waals surface area contributed by atoms with Gasteiger partial charge in [0.15, 0.2) is 0 Å². The average molecular weight is 269 g/mol. The second kappa shape index (κ2) is 4.10. The van der Waals surface area contributed by atoms with Crippen molar-refractivity contribution in [1.29, 1.82) is 0 Å². The number of imidazole rings is 1. The molecule has 3 nitrogen and oxygen atoms in total. The first-order chi connectivity index (χ1) is 4.79. The van der Waals surface area contributed by atoms with Gasteiger partial charge < -0.3 is 4.98 Å². The van der Waals surface area contributed by atoms with Crippen molar-refractivity contribution < 1.29 is 0 Å². The number of nitrogens with zero attached hydrogens (tertiary/aromatic N) is 2. The van der Waals surface area contributed by atoms with E-state index in [1.807, 2.05) is 6.20 Å². The van der Waals surface area contributed by atoms with Crippen LogP contribution in [0.5, 0.6) is 0 Å². The van der Waals surface area contributed by atoms with Gasteiger partial charge in [-0.25, -0.2) is 4.98 Å². The first kappa shape index (κ1) is 8.23. The van der Waals surface area contributed by atoms with Gasteiger partial charge in [-0.05, 0) is 0 Å². The first-order valence-corrected chi connectivity index (χ1v) is 4.27. The van der Waals surface area contributed by atoms with E-state index in [-0.39, 0.29) is 0 Å². The second-order valence-corrected chi connectivity index (χ2v) is 4.52.